The van der Waals surface area contributed by atoms with Gasteiger partial charge in [-0.1, -0.05) is 42.5 Å². The highest BCUT2D eigenvalue weighted by molar-refractivity contribution is 6.02. The van der Waals surface area contributed by atoms with E-state index in [0.717, 1.165) is 52.7 Å². The minimum absolute atomic E-state index is 0.159. The number of hydrogen-bond donors (Lipinski definition) is 2. The molecular formula is C31H27N5O2. The number of anilines is 1. The highest BCUT2D eigenvalue weighted by atomic mass is 16.2. The first-order chi connectivity index (χ1) is 18.7. The summed E-state index contributed by atoms with van der Waals surface area (Å²) in [6.07, 6.45) is 7.68. The van der Waals surface area contributed by atoms with Gasteiger partial charge in [0.15, 0.2) is 0 Å². The number of H-pyrrole nitrogens is 1. The predicted octanol–water partition coefficient (Wildman–Crippen LogP) is 5.39. The van der Waals surface area contributed by atoms with Crippen LogP contribution in [0.25, 0.3) is 33.3 Å². The number of amides is 2. The van der Waals surface area contributed by atoms with Crippen molar-refractivity contribution in [3.05, 3.63) is 103 Å². The van der Waals surface area contributed by atoms with Crippen LogP contribution in [-0.4, -0.2) is 39.9 Å². The van der Waals surface area contributed by atoms with Gasteiger partial charge in [-0.05, 0) is 59.9 Å². The van der Waals surface area contributed by atoms with E-state index in [0.29, 0.717) is 24.3 Å². The lowest BCUT2D eigenvalue weighted by molar-refractivity contribution is -0.117. The lowest BCUT2D eigenvalue weighted by atomic mass is 10.0. The van der Waals surface area contributed by atoms with Gasteiger partial charge < -0.3 is 15.2 Å². The number of rotatable bonds is 7. The van der Waals surface area contributed by atoms with Gasteiger partial charge in [0, 0.05) is 60.3 Å². The van der Waals surface area contributed by atoms with Crippen LogP contribution in [0.1, 0.15) is 28.9 Å². The van der Waals surface area contributed by atoms with Gasteiger partial charge in [0.25, 0.3) is 5.91 Å². The van der Waals surface area contributed by atoms with Crippen LogP contribution in [0.15, 0.2) is 91.4 Å². The summed E-state index contributed by atoms with van der Waals surface area (Å²) < 4.78 is 0. The van der Waals surface area contributed by atoms with Crippen LogP contribution in [-0.2, 0) is 11.2 Å². The van der Waals surface area contributed by atoms with Crippen molar-refractivity contribution in [2.24, 2.45) is 0 Å². The predicted molar refractivity (Wildman–Crippen MR) is 149 cm³/mol. The Bertz CT molecular complexity index is 1610. The fourth-order valence-electron chi connectivity index (χ4n) is 4.96. The number of benzene rings is 2. The first kappa shape index (κ1) is 23.6. The Hall–Kier alpha value is -4.78. The molecule has 6 rings (SSSR count). The molecule has 38 heavy (non-hydrogen) atoms. The summed E-state index contributed by atoms with van der Waals surface area (Å²) >= 11 is 0. The highest BCUT2D eigenvalue weighted by Crippen LogP contribution is 2.31. The zero-order chi connectivity index (χ0) is 25.9. The maximum atomic E-state index is 12.8. The first-order valence-electron chi connectivity index (χ1n) is 12.8. The molecule has 7 nitrogen and oxygen atoms in total. The van der Waals surface area contributed by atoms with Gasteiger partial charge >= 0.3 is 0 Å². The molecule has 2 N–H and O–H groups in total. The smallest absolute Gasteiger partial charge is 0.267 e. The average molecular weight is 502 g/mol. The van der Waals surface area contributed by atoms with Crippen molar-refractivity contribution in [2.75, 3.05) is 18.0 Å². The Morgan fingerprint density at radius 1 is 0.947 bits per heavy atom. The van der Waals surface area contributed by atoms with Crippen molar-refractivity contribution in [3.8, 4) is 22.3 Å². The molecule has 0 saturated carbocycles. The maximum Gasteiger partial charge on any atom is 0.267 e. The minimum atomic E-state index is -0.159. The van der Waals surface area contributed by atoms with Crippen LogP contribution in [0.4, 0.5) is 5.69 Å². The molecule has 0 radical (unpaired) electrons. The fourth-order valence-corrected chi connectivity index (χ4v) is 4.96. The van der Waals surface area contributed by atoms with Crippen molar-refractivity contribution < 1.29 is 9.59 Å². The Morgan fingerprint density at radius 2 is 1.76 bits per heavy atom. The lowest BCUT2D eigenvalue weighted by Crippen LogP contribution is -2.25. The summed E-state index contributed by atoms with van der Waals surface area (Å²) in [4.78, 5) is 38.8. The molecule has 188 valence electrons. The highest BCUT2D eigenvalue weighted by Gasteiger charge is 2.21. The van der Waals surface area contributed by atoms with E-state index in [9.17, 15) is 9.59 Å². The lowest BCUT2D eigenvalue weighted by Gasteiger charge is -2.16. The Morgan fingerprint density at radius 3 is 2.55 bits per heavy atom. The van der Waals surface area contributed by atoms with E-state index in [1.54, 1.807) is 6.20 Å². The molecule has 0 aliphatic carbocycles. The number of aromatic nitrogens is 3. The number of nitrogens with one attached hydrogen (secondary N) is 2. The second-order valence-corrected chi connectivity index (χ2v) is 9.45. The van der Waals surface area contributed by atoms with E-state index in [1.165, 1.54) is 5.56 Å². The largest absolute Gasteiger partial charge is 0.350 e. The summed E-state index contributed by atoms with van der Waals surface area (Å²) in [5.41, 5.74) is 7.11. The molecule has 1 saturated heterocycles. The molecule has 5 aromatic rings. The first-order valence-corrected chi connectivity index (χ1v) is 12.8. The SMILES string of the molecule is O=C(NCCc1ccccc1)c1cc2c(-c3cncc(-c4ccc(N5CCCC5=O)cc4)c3)ccnc2[nH]1. The van der Waals surface area contributed by atoms with Crippen LogP contribution < -0.4 is 10.2 Å². The van der Waals surface area contributed by atoms with Crippen molar-refractivity contribution in [1.29, 1.82) is 0 Å². The van der Waals surface area contributed by atoms with Gasteiger partial charge in [-0.15, -0.1) is 0 Å². The second kappa shape index (κ2) is 10.3. The summed E-state index contributed by atoms with van der Waals surface area (Å²) in [7, 11) is 0. The average Bonchev–Trinajstić information content (AvgIpc) is 3.60. The van der Waals surface area contributed by atoms with Gasteiger partial charge in [-0.2, -0.15) is 0 Å². The third-order valence-electron chi connectivity index (χ3n) is 6.95. The molecule has 1 aliphatic heterocycles. The summed E-state index contributed by atoms with van der Waals surface area (Å²) in [6.45, 7) is 1.33. The number of fused-ring (bicyclic) bond motifs is 1. The molecule has 3 aromatic heterocycles. The van der Waals surface area contributed by atoms with Gasteiger partial charge in [0.1, 0.15) is 11.3 Å². The fraction of sp³-hybridized carbons (Fsp3) is 0.161. The van der Waals surface area contributed by atoms with E-state index in [4.69, 9.17) is 0 Å². The Labute approximate surface area is 220 Å². The molecule has 7 heteroatoms. The molecule has 1 aliphatic rings. The van der Waals surface area contributed by atoms with E-state index in [-0.39, 0.29) is 11.8 Å². The van der Waals surface area contributed by atoms with Gasteiger partial charge in [-0.3, -0.25) is 14.6 Å². The number of aromatic amines is 1. The third-order valence-corrected chi connectivity index (χ3v) is 6.95. The van der Waals surface area contributed by atoms with Crippen molar-refractivity contribution in [1.82, 2.24) is 20.3 Å². The summed E-state index contributed by atoms with van der Waals surface area (Å²) in [5.74, 6) is 0.0206. The molecule has 0 spiro atoms. The monoisotopic (exact) mass is 501 g/mol. The Balaban J connectivity index is 1.22. The van der Waals surface area contributed by atoms with E-state index >= 15 is 0 Å². The molecule has 0 unspecified atom stereocenters. The van der Waals surface area contributed by atoms with Gasteiger partial charge in [0.2, 0.25) is 5.91 Å². The van der Waals surface area contributed by atoms with Crippen molar-refractivity contribution in [2.45, 2.75) is 19.3 Å². The van der Waals surface area contributed by atoms with Crippen LogP contribution >= 0.6 is 0 Å². The number of pyridine rings is 2. The number of carbonyl (C=O) groups is 2. The summed E-state index contributed by atoms with van der Waals surface area (Å²) in [5, 5.41) is 3.85. The number of hydrogen-bond acceptors (Lipinski definition) is 4. The maximum absolute atomic E-state index is 12.8. The Kier molecular flexibility index (Phi) is 6.40. The number of nitrogens with zero attached hydrogens (tertiary/aromatic N) is 3. The van der Waals surface area contributed by atoms with Crippen LogP contribution in [0.2, 0.25) is 0 Å². The second-order valence-electron chi connectivity index (χ2n) is 9.45. The van der Waals surface area contributed by atoms with Crippen molar-refractivity contribution in [3.63, 3.8) is 0 Å². The van der Waals surface area contributed by atoms with Gasteiger partial charge in [0.05, 0.1) is 0 Å². The third kappa shape index (κ3) is 4.78. The quantitative estimate of drug-likeness (QED) is 0.313. The molecule has 4 heterocycles. The van der Waals surface area contributed by atoms with Crippen molar-refractivity contribution >= 4 is 28.5 Å². The van der Waals surface area contributed by atoms with Crippen LogP contribution in [0.5, 0.6) is 0 Å². The molecule has 2 amide bonds. The zero-order valence-electron chi connectivity index (χ0n) is 20.9. The minimum Gasteiger partial charge on any atom is -0.350 e. The molecule has 0 atom stereocenters. The normalized spacial score (nSPS) is 13.3. The molecule has 0 bridgehead atoms. The molecule has 2 aromatic carbocycles. The van der Waals surface area contributed by atoms with E-state index in [2.05, 4.69) is 38.5 Å². The standard InChI is InChI=1S/C31H27N5O2/c37-29-7-4-16-36(29)25-10-8-22(9-11-25)23-17-24(20-32-19-23)26-13-15-33-30-27(26)18-28(35-30)31(38)34-14-12-21-5-2-1-3-6-21/h1-3,5-6,8-11,13,15,17-20H,4,7,12,14,16H2,(H,33,35)(H,34,38). The topological polar surface area (TPSA) is 91.0 Å². The van der Waals surface area contributed by atoms with Crippen LogP contribution in [0.3, 0.4) is 0 Å². The van der Waals surface area contributed by atoms with Crippen LogP contribution in [0, 0.1) is 0 Å². The molecule has 1 fully saturated rings. The molecular weight excluding hydrogens is 474 g/mol. The van der Waals surface area contributed by atoms with E-state index < -0.39 is 0 Å². The zero-order valence-corrected chi connectivity index (χ0v) is 20.9. The van der Waals surface area contributed by atoms with Gasteiger partial charge in [-0.25, -0.2) is 4.98 Å². The number of carbonyl (C=O) groups excluding carboxylic acids is 2. The summed E-state index contributed by atoms with van der Waals surface area (Å²) in [6, 6.07) is 24.0. The van der Waals surface area contributed by atoms with E-state index in [1.807, 2.05) is 71.9 Å².